The summed E-state index contributed by atoms with van der Waals surface area (Å²) in [6.45, 7) is 2.05. The molecule has 1 aliphatic rings. The molecule has 1 fully saturated rings. The van der Waals surface area contributed by atoms with Crippen LogP contribution in [0.2, 0.25) is 0 Å². The summed E-state index contributed by atoms with van der Waals surface area (Å²) in [6.07, 6.45) is 4.16. The lowest BCUT2D eigenvalue weighted by Crippen LogP contribution is -2.34. The number of aryl methyl sites for hydroxylation is 1. The van der Waals surface area contributed by atoms with Crippen molar-refractivity contribution in [2.75, 3.05) is 0 Å². The molecule has 0 atom stereocenters. The van der Waals surface area contributed by atoms with Crippen LogP contribution in [0.4, 0.5) is 0 Å². The molecule has 2 nitrogen and oxygen atoms in total. The zero-order chi connectivity index (χ0) is 7.84. The third-order valence-electron chi connectivity index (χ3n) is 2.11. The minimum Gasteiger partial charge on any atom is -0.285 e. The maximum atomic E-state index is 9.36. The summed E-state index contributed by atoms with van der Waals surface area (Å²) in [5.74, 6) is 0.611. The van der Waals surface area contributed by atoms with E-state index < -0.39 is 0 Å². The van der Waals surface area contributed by atoms with Crippen LogP contribution in [0, 0.1) is 6.92 Å². The summed E-state index contributed by atoms with van der Waals surface area (Å²) in [5.41, 5.74) is 2.28. The van der Waals surface area contributed by atoms with E-state index in [0.29, 0.717) is 5.92 Å². The highest BCUT2D eigenvalue weighted by atomic mass is 16.5. The van der Waals surface area contributed by atoms with E-state index in [4.69, 9.17) is 0 Å². The van der Waals surface area contributed by atoms with E-state index in [1.54, 1.807) is 6.20 Å². The third kappa shape index (κ3) is 1.20. The molecule has 1 saturated carbocycles. The Morgan fingerprint density at radius 2 is 2.27 bits per heavy atom. The first-order valence-electron chi connectivity index (χ1n) is 3.99. The Hall–Kier alpha value is -1.05. The molecule has 0 spiro atoms. The molecular formula is C9H12NO+. The summed E-state index contributed by atoms with van der Waals surface area (Å²) < 4.78 is 1.24. The lowest BCUT2D eigenvalue weighted by atomic mass is 10.2. The zero-order valence-electron chi connectivity index (χ0n) is 6.62. The molecule has 2 rings (SSSR count). The monoisotopic (exact) mass is 150 g/mol. The second-order valence-corrected chi connectivity index (χ2v) is 3.25. The van der Waals surface area contributed by atoms with Crippen molar-refractivity contribution in [3.63, 3.8) is 0 Å². The first-order valence-corrected chi connectivity index (χ1v) is 3.99. The predicted molar refractivity (Wildman–Crippen MR) is 40.5 cm³/mol. The maximum Gasteiger partial charge on any atom is 0.237 e. The summed E-state index contributed by atoms with van der Waals surface area (Å²) in [7, 11) is 0. The molecule has 58 valence electrons. The van der Waals surface area contributed by atoms with Gasteiger partial charge >= 0.3 is 0 Å². The molecule has 1 heterocycles. The average Bonchev–Trinajstić information content (AvgIpc) is 2.76. The van der Waals surface area contributed by atoms with Gasteiger partial charge < -0.3 is 0 Å². The van der Waals surface area contributed by atoms with Gasteiger partial charge in [-0.2, -0.15) is 0 Å². The molecule has 0 aromatic carbocycles. The van der Waals surface area contributed by atoms with Crippen LogP contribution in [0.15, 0.2) is 18.3 Å². The number of aromatic nitrogens is 1. The van der Waals surface area contributed by atoms with Crippen LogP contribution in [0.25, 0.3) is 0 Å². The number of nitrogens with zero attached hydrogens (tertiary/aromatic N) is 1. The lowest BCUT2D eigenvalue weighted by Gasteiger charge is -1.94. The molecular weight excluding hydrogens is 138 g/mol. The molecule has 1 aliphatic carbocycles. The lowest BCUT2D eigenvalue weighted by molar-refractivity contribution is -0.909. The van der Waals surface area contributed by atoms with Crippen molar-refractivity contribution in [2.45, 2.75) is 25.7 Å². The first-order chi connectivity index (χ1) is 5.27. The molecule has 11 heavy (non-hydrogen) atoms. The van der Waals surface area contributed by atoms with Gasteiger partial charge in [-0.1, -0.05) is 0 Å². The predicted octanol–water partition coefficient (Wildman–Crippen LogP) is 1.40. The molecule has 1 N–H and O–H groups in total. The van der Waals surface area contributed by atoms with Crippen LogP contribution in [-0.2, 0) is 0 Å². The van der Waals surface area contributed by atoms with Crippen LogP contribution in [0.1, 0.15) is 30.0 Å². The highest BCUT2D eigenvalue weighted by Gasteiger charge is 2.32. The van der Waals surface area contributed by atoms with E-state index in [0.717, 1.165) is 5.69 Å². The van der Waals surface area contributed by atoms with Crippen molar-refractivity contribution in [1.29, 1.82) is 0 Å². The van der Waals surface area contributed by atoms with Gasteiger partial charge in [0.05, 0.1) is 0 Å². The van der Waals surface area contributed by atoms with E-state index in [1.165, 1.54) is 23.1 Å². The minimum absolute atomic E-state index is 0.611. The zero-order valence-corrected chi connectivity index (χ0v) is 6.62. The fourth-order valence-corrected chi connectivity index (χ4v) is 1.31. The normalized spacial score (nSPS) is 16.8. The summed E-state index contributed by atoms with van der Waals surface area (Å²) >= 11 is 0. The second-order valence-electron chi connectivity index (χ2n) is 3.25. The number of hydrogen-bond donors (Lipinski definition) is 1. The Morgan fingerprint density at radius 3 is 2.91 bits per heavy atom. The van der Waals surface area contributed by atoms with E-state index in [2.05, 4.69) is 6.07 Å². The maximum absolute atomic E-state index is 9.36. The van der Waals surface area contributed by atoms with E-state index in [1.807, 2.05) is 13.0 Å². The molecule has 0 unspecified atom stereocenters. The largest absolute Gasteiger partial charge is 0.285 e. The number of rotatable bonds is 1. The highest BCUT2D eigenvalue weighted by Crippen LogP contribution is 2.38. The van der Waals surface area contributed by atoms with Gasteiger partial charge in [0, 0.05) is 22.8 Å². The topological polar surface area (TPSA) is 24.1 Å². The molecule has 0 radical (unpaired) electrons. The molecule has 2 heteroatoms. The van der Waals surface area contributed by atoms with Crippen LogP contribution in [0.5, 0.6) is 0 Å². The minimum atomic E-state index is 0.611. The molecule has 0 amide bonds. The molecule has 1 aromatic rings. The van der Waals surface area contributed by atoms with Gasteiger partial charge in [0.1, 0.15) is 0 Å². The summed E-state index contributed by atoms with van der Waals surface area (Å²) in [5, 5.41) is 9.36. The number of pyridine rings is 1. The van der Waals surface area contributed by atoms with Crippen molar-refractivity contribution in [3.05, 3.63) is 29.6 Å². The first kappa shape index (κ1) is 6.65. The van der Waals surface area contributed by atoms with Crippen LogP contribution >= 0.6 is 0 Å². The average molecular weight is 150 g/mol. The van der Waals surface area contributed by atoms with Crippen molar-refractivity contribution < 1.29 is 9.94 Å². The quantitative estimate of drug-likeness (QED) is 0.475. The smallest absolute Gasteiger partial charge is 0.237 e. The Balaban J connectivity index is 2.42. The molecule has 0 bridgehead atoms. The SMILES string of the molecule is Cc1cc[n+](O)c(C2CC2)c1. The van der Waals surface area contributed by atoms with Gasteiger partial charge in [-0.15, -0.1) is 0 Å². The van der Waals surface area contributed by atoms with E-state index in [-0.39, 0.29) is 0 Å². The Labute approximate surface area is 66.1 Å². The Bertz CT molecular complexity index is 279. The molecule has 1 aromatic heterocycles. The second kappa shape index (κ2) is 2.22. The summed E-state index contributed by atoms with van der Waals surface area (Å²) in [6, 6.07) is 3.96. The van der Waals surface area contributed by atoms with E-state index >= 15 is 0 Å². The van der Waals surface area contributed by atoms with E-state index in [9.17, 15) is 5.21 Å². The fourth-order valence-electron chi connectivity index (χ4n) is 1.31. The van der Waals surface area contributed by atoms with Crippen LogP contribution in [0.3, 0.4) is 0 Å². The van der Waals surface area contributed by atoms with Gasteiger partial charge in [0.15, 0.2) is 0 Å². The highest BCUT2D eigenvalue weighted by molar-refractivity contribution is 5.16. The molecule has 0 saturated heterocycles. The number of hydrogen-bond acceptors (Lipinski definition) is 1. The van der Waals surface area contributed by atoms with Gasteiger partial charge in [-0.25, -0.2) is 0 Å². The van der Waals surface area contributed by atoms with Crippen molar-refractivity contribution >= 4 is 0 Å². The van der Waals surface area contributed by atoms with Gasteiger partial charge in [-0.3, -0.25) is 5.21 Å². The Morgan fingerprint density at radius 1 is 1.55 bits per heavy atom. The standard InChI is InChI=1S/C9H12NO/c1-7-4-5-10(11)9(6-7)8-2-3-8/h4-6,8,11H,2-3H2,1H3/q+1. The van der Waals surface area contributed by atoms with Crippen LogP contribution in [-0.4, -0.2) is 5.21 Å². The Kier molecular flexibility index (Phi) is 1.34. The van der Waals surface area contributed by atoms with Crippen molar-refractivity contribution in [2.24, 2.45) is 0 Å². The van der Waals surface area contributed by atoms with Crippen LogP contribution < -0.4 is 4.73 Å². The van der Waals surface area contributed by atoms with Gasteiger partial charge in [-0.05, 0) is 25.3 Å². The van der Waals surface area contributed by atoms with Crippen molar-refractivity contribution in [3.8, 4) is 0 Å². The molecule has 0 aliphatic heterocycles. The van der Waals surface area contributed by atoms with Gasteiger partial charge in [0.25, 0.3) is 0 Å². The third-order valence-corrected chi connectivity index (χ3v) is 2.11. The van der Waals surface area contributed by atoms with Gasteiger partial charge in [0.2, 0.25) is 11.9 Å². The fraction of sp³-hybridized carbons (Fsp3) is 0.444. The summed E-state index contributed by atoms with van der Waals surface area (Å²) in [4.78, 5) is 0. The van der Waals surface area contributed by atoms with Crippen molar-refractivity contribution in [1.82, 2.24) is 0 Å².